The molecular weight excluding hydrogens is 376 g/mol. The predicted molar refractivity (Wildman–Crippen MR) is 102 cm³/mol. The quantitative estimate of drug-likeness (QED) is 0.779. The molecule has 0 saturated carbocycles. The normalized spacial score (nSPS) is 11.4. The monoisotopic (exact) mass is 396 g/mol. The number of aryl methyl sites for hydroxylation is 1. The molecule has 0 aliphatic carbocycles. The van der Waals surface area contributed by atoms with Crippen LogP contribution in [0.3, 0.4) is 0 Å². The van der Waals surface area contributed by atoms with Gasteiger partial charge in [-0.15, -0.1) is 0 Å². The molecule has 0 aliphatic rings. The Morgan fingerprint density at radius 3 is 2.50 bits per heavy atom. The summed E-state index contributed by atoms with van der Waals surface area (Å²) in [7, 11) is 0.733. The molecular formula is C18H21ClN2O4S. The Labute approximate surface area is 158 Å². The summed E-state index contributed by atoms with van der Waals surface area (Å²) in [5.41, 5.74) is 1.18. The maximum atomic E-state index is 12.3. The van der Waals surface area contributed by atoms with Crippen LogP contribution in [0, 0.1) is 0 Å². The molecule has 0 spiro atoms. The van der Waals surface area contributed by atoms with Gasteiger partial charge < -0.3 is 10.1 Å². The standard InChI is InChI=1S/C18H21ClN2O4S/c1-21(2)26(23,24)14-9-10-17(25-3)16(12-14)20-18(22)11-8-13-6-4-5-7-15(13)19/h4-7,9-10,12H,8,11H2,1-3H3,(H,20,22). The second-order valence-electron chi connectivity index (χ2n) is 5.79. The lowest BCUT2D eigenvalue weighted by Gasteiger charge is -2.15. The first-order valence-corrected chi connectivity index (χ1v) is 9.71. The molecule has 0 saturated heterocycles. The third-order valence-corrected chi connectivity index (χ3v) is 5.98. The van der Waals surface area contributed by atoms with Crippen LogP contribution in [-0.2, 0) is 21.2 Å². The zero-order valence-corrected chi connectivity index (χ0v) is 16.4. The van der Waals surface area contributed by atoms with Gasteiger partial charge in [-0.25, -0.2) is 12.7 Å². The number of rotatable bonds is 7. The van der Waals surface area contributed by atoms with Crippen molar-refractivity contribution in [2.45, 2.75) is 17.7 Å². The molecule has 2 aromatic carbocycles. The Morgan fingerprint density at radius 2 is 1.88 bits per heavy atom. The lowest BCUT2D eigenvalue weighted by Crippen LogP contribution is -2.22. The van der Waals surface area contributed by atoms with E-state index in [9.17, 15) is 13.2 Å². The Balaban J connectivity index is 2.17. The summed E-state index contributed by atoms with van der Waals surface area (Å²) in [4.78, 5) is 12.4. The van der Waals surface area contributed by atoms with E-state index in [-0.39, 0.29) is 17.2 Å². The summed E-state index contributed by atoms with van der Waals surface area (Å²) in [6, 6.07) is 11.7. The van der Waals surface area contributed by atoms with Gasteiger partial charge in [0.15, 0.2) is 0 Å². The number of nitrogens with one attached hydrogen (secondary N) is 1. The van der Waals surface area contributed by atoms with Crippen molar-refractivity contribution in [1.29, 1.82) is 0 Å². The largest absolute Gasteiger partial charge is 0.495 e. The summed E-state index contributed by atoms with van der Waals surface area (Å²) < 4.78 is 30.9. The number of methoxy groups -OCH3 is 1. The smallest absolute Gasteiger partial charge is 0.242 e. The third kappa shape index (κ3) is 4.75. The maximum absolute atomic E-state index is 12.3. The minimum atomic E-state index is -3.61. The van der Waals surface area contributed by atoms with Crippen LogP contribution in [0.1, 0.15) is 12.0 Å². The molecule has 0 atom stereocenters. The van der Waals surface area contributed by atoms with Gasteiger partial charge in [0.05, 0.1) is 17.7 Å². The fraction of sp³-hybridized carbons (Fsp3) is 0.278. The van der Waals surface area contributed by atoms with Crippen molar-refractivity contribution < 1.29 is 17.9 Å². The van der Waals surface area contributed by atoms with Gasteiger partial charge in [0.25, 0.3) is 0 Å². The highest BCUT2D eigenvalue weighted by molar-refractivity contribution is 7.89. The van der Waals surface area contributed by atoms with E-state index >= 15 is 0 Å². The molecule has 2 aromatic rings. The van der Waals surface area contributed by atoms with Gasteiger partial charge in [0, 0.05) is 25.5 Å². The summed E-state index contributed by atoms with van der Waals surface area (Å²) in [6.07, 6.45) is 0.682. The molecule has 26 heavy (non-hydrogen) atoms. The summed E-state index contributed by atoms with van der Waals surface area (Å²) in [6.45, 7) is 0. The molecule has 0 fully saturated rings. The molecule has 140 valence electrons. The molecule has 0 aromatic heterocycles. The van der Waals surface area contributed by atoms with Crippen molar-refractivity contribution in [1.82, 2.24) is 4.31 Å². The van der Waals surface area contributed by atoms with Gasteiger partial charge in [-0.05, 0) is 36.2 Å². The van der Waals surface area contributed by atoms with Crippen molar-refractivity contribution in [3.8, 4) is 5.75 Å². The molecule has 8 heteroatoms. The predicted octanol–water partition coefficient (Wildman–Crippen LogP) is 3.17. The van der Waals surface area contributed by atoms with Gasteiger partial charge in [0.2, 0.25) is 15.9 Å². The van der Waals surface area contributed by atoms with Crippen molar-refractivity contribution in [2.75, 3.05) is 26.5 Å². The number of hydrogen-bond acceptors (Lipinski definition) is 4. The molecule has 0 unspecified atom stereocenters. The van der Waals surface area contributed by atoms with Crippen LogP contribution in [0.25, 0.3) is 0 Å². The van der Waals surface area contributed by atoms with Crippen molar-refractivity contribution >= 4 is 33.2 Å². The summed E-state index contributed by atoms with van der Waals surface area (Å²) >= 11 is 6.09. The Kier molecular flexibility index (Phi) is 6.63. The van der Waals surface area contributed by atoms with Crippen LogP contribution in [0.5, 0.6) is 5.75 Å². The molecule has 2 rings (SSSR count). The molecule has 1 N–H and O–H groups in total. The van der Waals surface area contributed by atoms with Crippen molar-refractivity contribution in [2.24, 2.45) is 0 Å². The number of halogens is 1. The average molecular weight is 397 g/mol. The second kappa shape index (κ2) is 8.53. The molecule has 0 bridgehead atoms. The molecule has 1 amide bonds. The number of nitrogens with zero attached hydrogens (tertiary/aromatic N) is 1. The highest BCUT2D eigenvalue weighted by Crippen LogP contribution is 2.28. The lowest BCUT2D eigenvalue weighted by atomic mass is 10.1. The van der Waals surface area contributed by atoms with E-state index in [4.69, 9.17) is 16.3 Å². The van der Waals surface area contributed by atoms with E-state index < -0.39 is 10.0 Å². The zero-order valence-electron chi connectivity index (χ0n) is 14.8. The number of benzene rings is 2. The molecule has 6 nitrogen and oxygen atoms in total. The van der Waals surface area contributed by atoms with Gasteiger partial charge in [-0.3, -0.25) is 4.79 Å². The Hall–Kier alpha value is -2.09. The van der Waals surface area contributed by atoms with Crippen LogP contribution in [-0.4, -0.2) is 39.8 Å². The van der Waals surface area contributed by atoms with Crippen LogP contribution in [0.2, 0.25) is 5.02 Å². The van der Waals surface area contributed by atoms with Crippen molar-refractivity contribution in [3.63, 3.8) is 0 Å². The van der Waals surface area contributed by atoms with Gasteiger partial charge in [-0.1, -0.05) is 29.8 Å². The lowest BCUT2D eigenvalue weighted by molar-refractivity contribution is -0.116. The van der Waals surface area contributed by atoms with E-state index in [1.807, 2.05) is 18.2 Å². The number of anilines is 1. The first-order chi connectivity index (χ1) is 12.3. The van der Waals surface area contributed by atoms with Crippen LogP contribution in [0.15, 0.2) is 47.4 Å². The van der Waals surface area contributed by atoms with E-state index in [0.29, 0.717) is 22.9 Å². The number of carbonyl (C=O) groups excluding carboxylic acids is 1. The van der Waals surface area contributed by atoms with Gasteiger partial charge >= 0.3 is 0 Å². The van der Waals surface area contributed by atoms with E-state index in [2.05, 4.69) is 5.32 Å². The first-order valence-electron chi connectivity index (χ1n) is 7.89. The number of ether oxygens (including phenoxy) is 1. The van der Waals surface area contributed by atoms with Gasteiger partial charge in [-0.2, -0.15) is 0 Å². The Bertz CT molecular complexity index is 898. The van der Waals surface area contributed by atoms with E-state index in [1.165, 1.54) is 39.4 Å². The number of amides is 1. The van der Waals surface area contributed by atoms with Crippen LogP contribution < -0.4 is 10.1 Å². The average Bonchev–Trinajstić information content (AvgIpc) is 2.60. The maximum Gasteiger partial charge on any atom is 0.242 e. The van der Waals surface area contributed by atoms with E-state index in [1.54, 1.807) is 6.07 Å². The summed E-state index contributed by atoms with van der Waals surface area (Å²) in [5, 5.41) is 3.32. The number of hydrogen-bond donors (Lipinski definition) is 1. The van der Waals surface area contributed by atoms with Crippen LogP contribution >= 0.6 is 11.6 Å². The summed E-state index contributed by atoms with van der Waals surface area (Å²) in [5.74, 6) is 0.122. The minimum Gasteiger partial charge on any atom is -0.495 e. The fourth-order valence-corrected chi connectivity index (χ4v) is 3.48. The second-order valence-corrected chi connectivity index (χ2v) is 8.35. The highest BCUT2D eigenvalue weighted by Gasteiger charge is 2.19. The Morgan fingerprint density at radius 1 is 1.19 bits per heavy atom. The van der Waals surface area contributed by atoms with Crippen molar-refractivity contribution in [3.05, 3.63) is 53.1 Å². The third-order valence-electron chi connectivity index (χ3n) is 3.80. The number of carbonyl (C=O) groups is 1. The zero-order chi connectivity index (χ0) is 19.3. The highest BCUT2D eigenvalue weighted by atomic mass is 35.5. The molecule has 0 aliphatic heterocycles. The fourth-order valence-electron chi connectivity index (χ4n) is 2.32. The minimum absolute atomic E-state index is 0.0738. The molecule has 0 radical (unpaired) electrons. The molecule has 0 heterocycles. The number of sulfonamides is 1. The van der Waals surface area contributed by atoms with E-state index in [0.717, 1.165) is 9.87 Å². The van der Waals surface area contributed by atoms with Gasteiger partial charge in [0.1, 0.15) is 5.75 Å². The first kappa shape index (κ1) is 20.2. The van der Waals surface area contributed by atoms with Crippen LogP contribution in [0.4, 0.5) is 5.69 Å². The SMILES string of the molecule is COc1ccc(S(=O)(=O)N(C)C)cc1NC(=O)CCc1ccccc1Cl. The topological polar surface area (TPSA) is 75.7 Å².